The van der Waals surface area contributed by atoms with Crippen LogP contribution < -0.4 is 0 Å². The van der Waals surface area contributed by atoms with Crippen molar-refractivity contribution in [2.45, 2.75) is 194 Å². The van der Waals surface area contributed by atoms with E-state index in [0.29, 0.717) is 23.7 Å². The highest BCUT2D eigenvalue weighted by Gasteiger charge is 2.29. The first-order valence-corrected chi connectivity index (χ1v) is 27.0. The highest BCUT2D eigenvalue weighted by molar-refractivity contribution is 5.77. The van der Waals surface area contributed by atoms with Crippen LogP contribution in [0.4, 0.5) is 4.79 Å². The summed E-state index contributed by atoms with van der Waals surface area (Å²) in [5.74, 6) is 0.910. The zero-order valence-electron chi connectivity index (χ0n) is 42.9. The van der Waals surface area contributed by atoms with E-state index in [1.54, 1.807) is 0 Å². The lowest BCUT2D eigenvalue weighted by atomic mass is 9.81. The van der Waals surface area contributed by atoms with Gasteiger partial charge in [-0.2, -0.15) is 0 Å². The summed E-state index contributed by atoms with van der Waals surface area (Å²) < 4.78 is 35.1. The summed E-state index contributed by atoms with van der Waals surface area (Å²) in [6.07, 6.45) is 20.1. The van der Waals surface area contributed by atoms with Crippen molar-refractivity contribution in [1.29, 1.82) is 0 Å². The zero-order valence-corrected chi connectivity index (χ0v) is 42.9. The number of hydrogen-bond acceptors (Lipinski definition) is 14. The molecule has 0 spiro atoms. The molecule has 0 radical (unpaired) electrons. The normalized spacial score (nSPS) is 25.6. The number of aromatic nitrogens is 2. The highest BCUT2D eigenvalue weighted by atomic mass is 16.6. The zero-order chi connectivity index (χ0) is 50.3. The maximum absolute atomic E-state index is 13.6. The van der Waals surface area contributed by atoms with Crippen LogP contribution in [0.2, 0.25) is 0 Å². The molecular weight excluding hydrogens is 899 g/mol. The molecule has 1 amide bonds. The van der Waals surface area contributed by atoms with Gasteiger partial charge in [-0.25, -0.2) is 9.78 Å². The minimum atomic E-state index is -0.995. The van der Waals surface area contributed by atoms with Gasteiger partial charge in [-0.05, 0) is 112 Å². The minimum absolute atomic E-state index is 0.0898. The second kappa shape index (κ2) is 30.4. The van der Waals surface area contributed by atoms with Gasteiger partial charge in [-0.3, -0.25) is 33.3 Å². The van der Waals surface area contributed by atoms with Crippen LogP contribution in [0.25, 0.3) is 0 Å². The van der Waals surface area contributed by atoms with Crippen LogP contribution in [0.1, 0.15) is 182 Å². The lowest BCUT2D eigenvalue weighted by molar-refractivity contribution is -0.167. The Morgan fingerprint density at radius 3 is 1.04 bits per heavy atom. The molecule has 394 valence electrons. The number of ether oxygens (including phenoxy) is 6. The molecule has 1 aromatic heterocycles. The lowest BCUT2D eigenvalue weighted by Crippen LogP contribution is -2.37. The molecule has 0 saturated heterocycles. The van der Waals surface area contributed by atoms with E-state index in [1.165, 1.54) is 28.2 Å². The van der Waals surface area contributed by atoms with Gasteiger partial charge in [0.2, 0.25) is 0 Å². The van der Waals surface area contributed by atoms with E-state index < -0.39 is 30.2 Å². The standard InChI is InChI=1S/C54H85N3O13/c1-38-9-17-42(18-10-38)29-50(60)65-33-46(34-66-51(61)30-43-19-11-39(2)12-20-43)69-48(58)7-5-26-56(54(64)57-28-25-55-37-57)27-6-8-49(59)70-47(35-67-52(62)31-44-21-13-40(3)14-22-44)36-68-53(63)32-45-23-15-41(4)16-24-45/h25,28,37-47H,5-24,26-27,29-36H2,1-4H3. The second-order valence-corrected chi connectivity index (χ2v) is 21.7. The summed E-state index contributed by atoms with van der Waals surface area (Å²) in [6.45, 7) is 8.17. The average molecular weight is 984 g/mol. The van der Waals surface area contributed by atoms with Crippen molar-refractivity contribution >= 4 is 41.8 Å². The van der Waals surface area contributed by atoms with Crippen molar-refractivity contribution in [2.24, 2.45) is 47.3 Å². The quantitative estimate of drug-likeness (QED) is 0.0628. The third-order valence-corrected chi connectivity index (χ3v) is 15.3. The number of nitrogens with zero attached hydrogens (tertiary/aromatic N) is 3. The number of hydrogen-bond donors (Lipinski definition) is 0. The Bertz CT molecular complexity index is 1570. The Kier molecular flexibility index (Phi) is 24.5. The molecule has 0 atom stereocenters. The molecule has 1 aromatic rings. The number of rotatable bonds is 26. The Labute approximate surface area is 416 Å². The Balaban J connectivity index is 1.10. The first-order chi connectivity index (χ1) is 33.7. The summed E-state index contributed by atoms with van der Waals surface area (Å²) >= 11 is 0. The van der Waals surface area contributed by atoms with Gasteiger partial charge in [0.1, 0.15) is 32.8 Å². The predicted octanol–water partition coefficient (Wildman–Crippen LogP) is 9.58. The molecule has 70 heavy (non-hydrogen) atoms. The Hall–Kier alpha value is -4.50. The van der Waals surface area contributed by atoms with Crippen LogP contribution in [0.5, 0.6) is 0 Å². The van der Waals surface area contributed by atoms with Crippen LogP contribution in [0.3, 0.4) is 0 Å². The predicted molar refractivity (Wildman–Crippen MR) is 260 cm³/mol. The van der Waals surface area contributed by atoms with Gasteiger partial charge in [-0.15, -0.1) is 0 Å². The van der Waals surface area contributed by atoms with E-state index in [4.69, 9.17) is 28.4 Å². The van der Waals surface area contributed by atoms with Crippen molar-refractivity contribution in [2.75, 3.05) is 39.5 Å². The molecule has 4 fully saturated rings. The topological polar surface area (TPSA) is 196 Å². The van der Waals surface area contributed by atoms with E-state index in [0.717, 1.165) is 103 Å². The monoisotopic (exact) mass is 984 g/mol. The fourth-order valence-electron chi connectivity index (χ4n) is 10.4. The summed E-state index contributed by atoms with van der Waals surface area (Å²) in [4.78, 5) is 97.1. The molecule has 1 heterocycles. The van der Waals surface area contributed by atoms with Crippen molar-refractivity contribution in [3.8, 4) is 0 Å². The molecule has 4 aliphatic rings. The van der Waals surface area contributed by atoms with Crippen LogP contribution in [-0.4, -0.2) is 108 Å². The third-order valence-electron chi connectivity index (χ3n) is 15.3. The van der Waals surface area contributed by atoms with Crippen molar-refractivity contribution in [3.05, 3.63) is 18.7 Å². The maximum atomic E-state index is 13.6. The molecule has 0 bridgehead atoms. The molecule has 16 heteroatoms. The van der Waals surface area contributed by atoms with Crippen LogP contribution >= 0.6 is 0 Å². The van der Waals surface area contributed by atoms with Gasteiger partial charge in [0.15, 0.2) is 12.2 Å². The summed E-state index contributed by atoms with van der Waals surface area (Å²) in [5.41, 5.74) is 0. The Morgan fingerprint density at radius 2 is 0.771 bits per heavy atom. The van der Waals surface area contributed by atoms with E-state index in [-0.39, 0.29) is 138 Å². The summed E-state index contributed by atoms with van der Waals surface area (Å²) in [6, 6.07) is -0.410. The number of carbonyl (C=O) groups is 7. The molecule has 0 aliphatic heterocycles. The van der Waals surface area contributed by atoms with Gasteiger partial charge in [0.25, 0.3) is 0 Å². The van der Waals surface area contributed by atoms with Gasteiger partial charge < -0.3 is 33.3 Å². The third kappa shape index (κ3) is 21.9. The first-order valence-electron chi connectivity index (χ1n) is 27.0. The largest absolute Gasteiger partial charge is 0.462 e. The lowest BCUT2D eigenvalue weighted by Gasteiger charge is -2.26. The molecule has 5 rings (SSSR count). The van der Waals surface area contributed by atoms with E-state index in [2.05, 4.69) is 32.7 Å². The molecule has 4 saturated carbocycles. The number of imidazole rings is 1. The van der Waals surface area contributed by atoms with Crippen molar-refractivity contribution in [1.82, 2.24) is 14.5 Å². The van der Waals surface area contributed by atoms with Gasteiger partial charge in [0.05, 0.1) is 0 Å². The highest BCUT2D eigenvalue weighted by Crippen LogP contribution is 2.33. The Morgan fingerprint density at radius 1 is 0.471 bits per heavy atom. The van der Waals surface area contributed by atoms with Crippen LogP contribution in [0, 0.1) is 47.3 Å². The summed E-state index contributed by atoms with van der Waals surface area (Å²) in [7, 11) is 0. The summed E-state index contributed by atoms with van der Waals surface area (Å²) in [5, 5.41) is 0. The molecule has 4 aliphatic carbocycles. The molecule has 0 unspecified atom stereocenters. The van der Waals surface area contributed by atoms with Gasteiger partial charge >= 0.3 is 41.8 Å². The average Bonchev–Trinajstić information content (AvgIpc) is 3.89. The van der Waals surface area contributed by atoms with Crippen LogP contribution in [0.15, 0.2) is 18.7 Å². The number of esters is 6. The van der Waals surface area contributed by atoms with E-state index in [1.807, 2.05) is 0 Å². The number of carbonyl (C=O) groups excluding carboxylic acids is 7. The molecule has 0 N–H and O–H groups in total. The van der Waals surface area contributed by atoms with Crippen molar-refractivity contribution in [3.63, 3.8) is 0 Å². The minimum Gasteiger partial charge on any atom is -0.462 e. The molecule has 0 aromatic carbocycles. The van der Waals surface area contributed by atoms with Crippen molar-refractivity contribution < 1.29 is 62.0 Å². The smallest absolute Gasteiger partial charge is 0.329 e. The second-order valence-electron chi connectivity index (χ2n) is 21.7. The molecular formula is C54H85N3O13. The van der Waals surface area contributed by atoms with E-state index >= 15 is 0 Å². The van der Waals surface area contributed by atoms with E-state index in [9.17, 15) is 33.6 Å². The molecule has 16 nitrogen and oxygen atoms in total. The fourth-order valence-corrected chi connectivity index (χ4v) is 10.4. The SMILES string of the molecule is CC1CCC(CC(=O)OCC(COC(=O)CC2CCC(C)CC2)OC(=O)CCCN(CCCC(=O)OC(COC(=O)CC2CCC(C)CC2)COC(=O)CC2CCC(C)CC2)C(=O)n2ccnc2)CC1. The van der Waals surface area contributed by atoms with Crippen LogP contribution in [-0.2, 0) is 57.2 Å². The fraction of sp³-hybridized carbons (Fsp3) is 0.815. The van der Waals surface area contributed by atoms with Gasteiger partial charge in [-0.1, -0.05) is 79.1 Å². The maximum Gasteiger partial charge on any atom is 0.329 e. The van der Waals surface area contributed by atoms with Gasteiger partial charge in [0, 0.05) is 64.0 Å². The first kappa shape index (κ1) is 56.4. The number of amides is 1.